The Morgan fingerprint density at radius 1 is 1.47 bits per heavy atom. The van der Waals surface area contributed by atoms with Crippen LogP contribution in [0.25, 0.3) is 0 Å². The fraction of sp³-hybridized carbons (Fsp3) is 0.600. The van der Waals surface area contributed by atoms with Crippen molar-refractivity contribution in [3.63, 3.8) is 0 Å². The molecule has 1 N–H and O–H groups in total. The summed E-state index contributed by atoms with van der Waals surface area (Å²) < 4.78 is 5.28. The molecule has 4 heteroatoms. The molecule has 0 spiro atoms. The topological polar surface area (TPSA) is 24.5 Å². The minimum atomic E-state index is 0.560. The molecule has 0 saturated carbocycles. The summed E-state index contributed by atoms with van der Waals surface area (Å²) in [6, 6.07) is 6.57. The molecule has 0 aliphatic carbocycles. The molecule has 1 atom stereocenters. The normalized spacial score (nSPS) is 19.2. The van der Waals surface area contributed by atoms with Crippen LogP contribution < -0.4 is 15.0 Å². The molecular weight excluding hydrogens is 260 g/mol. The van der Waals surface area contributed by atoms with Crippen molar-refractivity contribution in [1.82, 2.24) is 5.32 Å². The molecule has 1 unspecified atom stereocenters. The van der Waals surface area contributed by atoms with Gasteiger partial charge in [-0.2, -0.15) is 0 Å². The van der Waals surface area contributed by atoms with Crippen LogP contribution in [0.4, 0.5) is 5.69 Å². The second-order valence-corrected chi connectivity index (χ2v) is 5.89. The molecule has 1 saturated heterocycles. The Morgan fingerprint density at radius 3 is 2.95 bits per heavy atom. The van der Waals surface area contributed by atoms with Crippen molar-refractivity contribution in [2.45, 2.75) is 26.3 Å². The smallest absolute Gasteiger partial charge is 0.139 e. The van der Waals surface area contributed by atoms with Crippen LogP contribution >= 0.6 is 11.6 Å². The zero-order chi connectivity index (χ0) is 13.8. The van der Waals surface area contributed by atoms with Crippen molar-refractivity contribution < 1.29 is 4.74 Å². The molecule has 1 aromatic carbocycles. The van der Waals surface area contributed by atoms with Crippen molar-refractivity contribution in [1.29, 1.82) is 0 Å². The van der Waals surface area contributed by atoms with E-state index in [1.165, 1.54) is 12.1 Å². The summed E-state index contributed by atoms with van der Waals surface area (Å²) in [6.45, 7) is 7.69. The first-order valence-electron chi connectivity index (χ1n) is 6.92. The summed E-state index contributed by atoms with van der Waals surface area (Å²) in [5.41, 5.74) is 1.20. The van der Waals surface area contributed by atoms with Crippen LogP contribution in [0, 0.1) is 5.92 Å². The molecule has 1 aromatic rings. The van der Waals surface area contributed by atoms with Gasteiger partial charge in [0.05, 0.1) is 12.1 Å². The summed E-state index contributed by atoms with van der Waals surface area (Å²) in [5.74, 6) is 1.48. The average molecular weight is 283 g/mol. The van der Waals surface area contributed by atoms with E-state index < -0.39 is 0 Å². The summed E-state index contributed by atoms with van der Waals surface area (Å²) in [5, 5.41) is 4.19. The van der Waals surface area contributed by atoms with E-state index in [9.17, 15) is 0 Å². The van der Waals surface area contributed by atoms with Gasteiger partial charge in [-0.3, -0.25) is 0 Å². The maximum Gasteiger partial charge on any atom is 0.139 e. The van der Waals surface area contributed by atoms with Gasteiger partial charge in [0.25, 0.3) is 0 Å². The summed E-state index contributed by atoms with van der Waals surface area (Å²) in [7, 11) is 1.66. The summed E-state index contributed by atoms with van der Waals surface area (Å²) in [6.07, 6.45) is 1.24. The number of ether oxygens (including phenoxy) is 1. The summed E-state index contributed by atoms with van der Waals surface area (Å²) in [4.78, 5) is 2.41. The first kappa shape index (κ1) is 14.5. The Labute approximate surface area is 120 Å². The van der Waals surface area contributed by atoms with Gasteiger partial charge in [0.2, 0.25) is 0 Å². The molecule has 1 heterocycles. The molecule has 2 rings (SSSR count). The van der Waals surface area contributed by atoms with Crippen molar-refractivity contribution in [2.24, 2.45) is 5.92 Å². The first-order valence-corrected chi connectivity index (χ1v) is 7.30. The van der Waals surface area contributed by atoms with Gasteiger partial charge in [-0.15, -0.1) is 0 Å². The highest BCUT2D eigenvalue weighted by Crippen LogP contribution is 2.31. The van der Waals surface area contributed by atoms with E-state index >= 15 is 0 Å². The second-order valence-electron chi connectivity index (χ2n) is 5.48. The molecule has 106 valence electrons. The lowest BCUT2D eigenvalue weighted by Crippen LogP contribution is -2.30. The van der Waals surface area contributed by atoms with Gasteiger partial charge >= 0.3 is 0 Å². The quantitative estimate of drug-likeness (QED) is 0.898. The highest BCUT2D eigenvalue weighted by Gasteiger charge is 2.23. The molecule has 0 radical (unpaired) electrons. The molecule has 1 fully saturated rings. The van der Waals surface area contributed by atoms with Gasteiger partial charge < -0.3 is 15.0 Å². The fourth-order valence-corrected chi connectivity index (χ4v) is 2.68. The molecule has 19 heavy (non-hydrogen) atoms. The zero-order valence-electron chi connectivity index (χ0n) is 11.9. The minimum absolute atomic E-state index is 0.560. The monoisotopic (exact) mass is 282 g/mol. The lowest BCUT2D eigenvalue weighted by Gasteiger charge is -2.20. The van der Waals surface area contributed by atoms with Crippen LogP contribution in [0.1, 0.15) is 20.3 Å². The lowest BCUT2D eigenvalue weighted by molar-refractivity contribution is 0.415. The predicted molar refractivity (Wildman–Crippen MR) is 81.5 cm³/mol. The van der Waals surface area contributed by atoms with Crippen molar-refractivity contribution in [2.75, 3.05) is 31.6 Å². The van der Waals surface area contributed by atoms with E-state index in [0.717, 1.165) is 31.3 Å². The average Bonchev–Trinajstić information content (AvgIpc) is 2.86. The minimum Gasteiger partial charge on any atom is -0.495 e. The van der Waals surface area contributed by atoms with Crippen LogP contribution in [0.5, 0.6) is 5.75 Å². The Hall–Kier alpha value is -0.930. The Morgan fingerprint density at radius 2 is 2.26 bits per heavy atom. The second kappa shape index (κ2) is 6.49. The number of rotatable bonds is 5. The number of anilines is 1. The summed E-state index contributed by atoms with van der Waals surface area (Å²) >= 11 is 6.06. The SMILES string of the molecule is COc1cc(N2CCC(CNC(C)C)C2)ccc1Cl. The van der Waals surface area contributed by atoms with Gasteiger partial charge in [-0.1, -0.05) is 25.4 Å². The van der Waals surface area contributed by atoms with Gasteiger partial charge in [0, 0.05) is 30.9 Å². The largest absolute Gasteiger partial charge is 0.495 e. The molecule has 1 aliphatic rings. The van der Waals surface area contributed by atoms with E-state index in [1.54, 1.807) is 7.11 Å². The van der Waals surface area contributed by atoms with Gasteiger partial charge in [0.1, 0.15) is 5.75 Å². The van der Waals surface area contributed by atoms with E-state index in [0.29, 0.717) is 11.1 Å². The third-order valence-corrected chi connectivity index (χ3v) is 3.91. The molecule has 0 bridgehead atoms. The third-order valence-electron chi connectivity index (χ3n) is 3.60. The third kappa shape index (κ3) is 3.77. The van der Waals surface area contributed by atoms with Crippen molar-refractivity contribution in [3.8, 4) is 5.75 Å². The maximum absolute atomic E-state index is 6.06. The molecular formula is C15H23ClN2O. The highest BCUT2D eigenvalue weighted by atomic mass is 35.5. The van der Waals surface area contributed by atoms with Crippen LogP contribution in [-0.4, -0.2) is 32.8 Å². The van der Waals surface area contributed by atoms with Crippen LogP contribution in [0.2, 0.25) is 5.02 Å². The van der Waals surface area contributed by atoms with Crippen molar-refractivity contribution >= 4 is 17.3 Å². The van der Waals surface area contributed by atoms with Gasteiger partial charge in [-0.25, -0.2) is 0 Å². The number of benzene rings is 1. The zero-order valence-corrected chi connectivity index (χ0v) is 12.7. The molecule has 0 aromatic heterocycles. The highest BCUT2D eigenvalue weighted by molar-refractivity contribution is 6.32. The maximum atomic E-state index is 6.06. The van der Waals surface area contributed by atoms with Crippen LogP contribution in [-0.2, 0) is 0 Å². The Bertz CT molecular complexity index is 423. The predicted octanol–water partition coefficient (Wildman–Crippen LogP) is 3.17. The van der Waals surface area contributed by atoms with E-state index in [1.807, 2.05) is 12.1 Å². The van der Waals surface area contributed by atoms with Gasteiger partial charge in [0.15, 0.2) is 0 Å². The van der Waals surface area contributed by atoms with E-state index in [2.05, 4.69) is 30.1 Å². The number of hydrogen-bond donors (Lipinski definition) is 1. The molecule has 1 aliphatic heterocycles. The van der Waals surface area contributed by atoms with Crippen LogP contribution in [0.3, 0.4) is 0 Å². The van der Waals surface area contributed by atoms with E-state index in [-0.39, 0.29) is 0 Å². The Balaban J connectivity index is 1.96. The Kier molecular flexibility index (Phi) is 4.94. The van der Waals surface area contributed by atoms with Gasteiger partial charge in [-0.05, 0) is 31.0 Å². The number of nitrogens with zero attached hydrogens (tertiary/aromatic N) is 1. The standard InChI is InChI=1S/C15H23ClN2O/c1-11(2)17-9-12-6-7-18(10-12)13-4-5-14(16)15(8-13)19-3/h4-5,8,11-12,17H,6-7,9-10H2,1-3H3. The van der Waals surface area contributed by atoms with Crippen molar-refractivity contribution in [3.05, 3.63) is 23.2 Å². The first-order chi connectivity index (χ1) is 9.10. The number of hydrogen-bond acceptors (Lipinski definition) is 3. The van der Waals surface area contributed by atoms with E-state index in [4.69, 9.17) is 16.3 Å². The number of halogens is 1. The number of nitrogens with one attached hydrogen (secondary N) is 1. The lowest BCUT2D eigenvalue weighted by atomic mass is 10.1. The van der Waals surface area contributed by atoms with Crippen LogP contribution in [0.15, 0.2) is 18.2 Å². The molecule has 3 nitrogen and oxygen atoms in total. The molecule has 0 amide bonds. The number of methoxy groups -OCH3 is 1. The fourth-order valence-electron chi connectivity index (χ4n) is 2.48.